The van der Waals surface area contributed by atoms with Crippen molar-refractivity contribution in [2.75, 3.05) is 6.61 Å². The largest absolute Gasteiger partial charge is 0.396 e. The Morgan fingerprint density at radius 2 is 1.88 bits per heavy atom. The molecule has 3 heterocycles. The number of fused-ring (bicyclic) bond motifs is 2. The van der Waals surface area contributed by atoms with Gasteiger partial charge in [-0.25, -0.2) is 15.0 Å². The lowest BCUT2D eigenvalue weighted by Crippen LogP contribution is -2.15. The van der Waals surface area contributed by atoms with E-state index in [-0.39, 0.29) is 0 Å². The molecule has 6 heteroatoms. The van der Waals surface area contributed by atoms with E-state index in [0.717, 1.165) is 71.5 Å². The van der Waals surface area contributed by atoms with Crippen molar-refractivity contribution in [3.63, 3.8) is 0 Å². The summed E-state index contributed by atoms with van der Waals surface area (Å²) in [5.74, 6) is 0.645. The molecular weight excluding hydrogens is 398 g/mol. The van der Waals surface area contributed by atoms with Gasteiger partial charge in [0.2, 0.25) is 0 Å². The molecule has 32 heavy (non-hydrogen) atoms. The lowest BCUT2D eigenvalue weighted by Gasteiger charge is -2.16. The Kier molecular flexibility index (Phi) is 5.83. The summed E-state index contributed by atoms with van der Waals surface area (Å²) in [6.07, 6.45) is 6.55. The number of rotatable bonds is 6. The van der Waals surface area contributed by atoms with E-state index in [2.05, 4.69) is 32.2 Å². The van der Waals surface area contributed by atoms with Crippen molar-refractivity contribution >= 4 is 16.6 Å². The number of para-hydroxylation sites is 1. The van der Waals surface area contributed by atoms with Gasteiger partial charge in [0.15, 0.2) is 5.82 Å². The van der Waals surface area contributed by atoms with Gasteiger partial charge in [-0.1, -0.05) is 35.5 Å². The highest BCUT2D eigenvalue weighted by Crippen LogP contribution is 2.21. The molecule has 0 radical (unpaired) electrons. The second-order valence-corrected chi connectivity index (χ2v) is 8.06. The zero-order valence-corrected chi connectivity index (χ0v) is 18.2. The molecule has 0 amide bonds. The molecule has 0 atom stereocenters. The molecule has 0 unspecified atom stereocenters. The van der Waals surface area contributed by atoms with Crippen LogP contribution in [0.25, 0.3) is 22.4 Å². The van der Waals surface area contributed by atoms with Gasteiger partial charge < -0.3 is 4.84 Å². The Morgan fingerprint density at radius 1 is 0.938 bits per heavy atom. The molecule has 3 aromatic heterocycles. The fourth-order valence-electron chi connectivity index (χ4n) is 3.97. The zero-order valence-electron chi connectivity index (χ0n) is 18.2. The molecular formula is C26H25N5O. The first-order chi connectivity index (χ1) is 15.8. The fraction of sp³-hybridized carbons (Fsp3) is 0.269. The Balaban J connectivity index is 1.20. The number of aryl methyl sites for hydroxylation is 3. The summed E-state index contributed by atoms with van der Waals surface area (Å²) in [5.41, 5.74) is 6.95. The van der Waals surface area contributed by atoms with Gasteiger partial charge in [0.1, 0.15) is 18.0 Å². The maximum absolute atomic E-state index is 5.65. The molecule has 6 nitrogen and oxygen atoms in total. The molecule has 0 spiro atoms. The first-order valence-corrected chi connectivity index (χ1v) is 11.1. The maximum Gasteiger partial charge on any atom is 0.178 e. The van der Waals surface area contributed by atoms with Crippen molar-refractivity contribution in [1.82, 2.24) is 19.9 Å². The molecule has 0 saturated heterocycles. The third-order valence-electron chi connectivity index (χ3n) is 5.62. The maximum atomic E-state index is 5.65. The van der Waals surface area contributed by atoms with Crippen molar-refractivity contribution in [3.05, 3.63) is 83.4 Å². The standard InChI is InChI=1S/C26H25N5O/c1-18-14-15-19-8-4-12-23(25(19)28-18)31-32-16-6-10-21-9-5-13-24(29-21)26-27-17-20-7-2-3-11-22(20)30-26/h2-3,5,7,9,11,13-15,17H,4,6,8,10,12,16H2,1H3. The third-order valence-corrected chi connectivity index (χ3v) is 5.62. The van der Waals surface area contributed by atoms with E-state index in [1.165, 1.54) is 5.56 Å². The van der Waals surface area contributed by atoms with Crippen molar-refractivity contribution in [1.29, 1.82) is 0 Å². The summed E-state index contributed by atoms with van der Waals surface area (Å²) >= 11 is 0. The lowest BCUT2D eigenvalue weighted by molar-refractivity contribution is 0.141. The van der Waals surface area contributed by atoms with Gasteiger partial charge in [-0.2, -0.15) is 0 Å². The van der Waals surface area contributed by atoms with Crippen LogP contribution in [0.3, 0.4) is 0 Å². The number of aromatic nitrogens is 4. The minimum Gasteiger partial charge on any atom is -0.396 e. The van der Waals surface area contributed by atoms with Gasteiger partial charge >= 0.3 is 0 Å². The number of pyridine rings is 2. The van der Waals surface area contributed by atoms with Gasteiger partial charge in [-0.05, 0) is 68.9 Å². The van der Waals surface area contributed by atoms with Gasteiger partial charge in [-0.3, -0.25) is 4.98 Å². The predicted octanol–water partition coefficient (Wildman–Crippen LogP) is 5.09. The molecule has 0 aliphatic heterocycles. The van der Waals surface area contributed by atoms with E-state index in [4.69, 9.17) is 9.82 Å². The van der Waals surface area contributed by atoms with Crippen LogP contribution in [-0.4, -0.2) is 32.3 Å². The summed E-state index contributed by atoms with van der Waals surface area (Å²) in [6, 6.07) is 18.2. The second kappa shape index (κ2) is 9.22. The number of nitrogens with zero attached hydrogens (tertiary/aromatic N) is 5. The second-order valence-electron chi connectivity index (χ2n) is 8.06. The average Bonchev–Trinajstić information content (AvgIpc) is 2.84. The van der Waals surface area contributed by atoms with Crippen molar-refractivity contribution < 1.29 is 4.84 Å². The molecule has 160 valence electrons. The van der Waals surface area contributed by atoms with E-state index in [0.29, 0.717) is 12.4 Å². The molecule has 4 aromatic rings. The third kappa shape index (κ3) is 4.49. The van der Waals surface area contributed by atoms with Crippen LogP contribution in [-0.2, 0) is 17.7 Å². The Bertz CT molecular complexity index is 1280. The molecule has 0 fully saturated rings. The van der Waals surface area contributed by atoms with Crippen molar-refractivity contribution in [2.24, 2.45) is 5.16 Å². The van der Waals surface area contributed by atoms with Crippen LogP contribution in [0.2, 0.25) is 0 Å². The van der Waals surface area contributed by atoms with Crippen LogP contribution < -0.4 is 0 Å². The highest BCUT2D eigenvalue weighted by Gasteiger charge is 2.17. The van der Waals surface area contributed by atoms with Gasteiger partial charge in [0, 0.05) is 23.0 Å². The van der Waals surface area contributed by atoms with Crippen LogP contribution in [0.4, 0.5) is 0 Å². The van der Waals surface area contributed by atoms with Crippen LogP contribution in [0.5, 0.6) is 0 Å². The average molecular weight is 424 g/mol. The van der Waals surface area contributed by atoms with Crippen molar-refractivity contribution in [2.45, 2.75) is 39.0 Å². The molecule has 5 rings (SSSR count). The summed E-state index contributed by atoms with van der Waals surface area (Å²) in [6.45, 7) is 2.56. The summed E-state index contributed by atoms with van der Waals surface area (Å²) < 4.78 is 0. The normalized spacial score (nSPS) is 14.5. The topological polar surface area (TPSA) is 73.2 Å². The van der Waals surface area contributed by atoms with E-state index < -0.39 is 0 Å². The SMILES string of the molecule is Cc1ccc2c(n1)C(=NOCCCc1cccc(-c3ncc4ccccc4n3)n1)CCC2. The lowest BCUT2D eigenvalue weighted by atomic mass is 9.94. The minimum absolute atomic E-state index is 0.545. The number of hydrogen-bond donors (Lipinski definition) is 0. The Labute approximate surface area is 187 Å². The first-order valence-electron chi connectivity index (χ1n) is 11.1. The summed E-state index contributed by atoms with van der Waals surface area (Å²) in [5, 5.41) is 5.43. The number of hydrogen-bond acceptors (Lipinski definition) is 6. The zero-order chi connectivity index (χ0) is 21.8. The van der Waals surface area contributed by atoms with Crippen LogP contribution >= 0.6 is 0 Å². The van der Waals surface area contributed by atoms with E-state index in [1.54, 1.807) is 0 Å². The van der Waals surface area contributed by atoms with Gasteiger partial charge in [0.05, 0.1) is 11.2 Å². The quantitative estimate of drug-likeness (QED) is 0.319. The predicted molar refractivity (Wildman–Crippen MR) is 125 cm³/mol. The smallest absolute Gasteiger partial charge is 0.178 e. The molecule has 1 aliphatic rings. The minimum atomic E-state index is 0.545. The van der Waals surface area contributed by atoms with E-state index in [1.807, 2.05) is 55.6 Å². The highest BCUT2D eigenvalue weighted by molar-refractivity contribution is 6.00. The van der Waals surface area contributed by atoms with Crippen LogP contribution in [0, 0.1) is 6.92 Å². The van der Waals surface area contributed by atoms with E-state index in [9.17, 15) is 0 Å². The Morgan fingerprint density at radius 3 is 2.84 bits per heavy atom. The molecule has 1 aliphatic carbocycles. The van der Waals surface area contributed by atoms with Crippen molar-refractivity contribution in [3.8, 4) is 11.5 Å². The molecule has 1 aromatic carbocycles. The van der Waals surface area contributed by atoms with Crippen LogP contribution in [0.1, 0.15) is 41.9 Å². The number of benzene rings is 1. The van der Waals surface area contributed by atoms with Gasteiger partial charge in [-0.15, -0.1) is 0 Å². The monoisotopic (exact) mass is 423 g/mol. The molecule has 0 N–H and O–H groups in total. The highest BCUT2D eigenvalue weighted by atomic mass is 16.6. The summed E-state index contributed by atoms with van der Waals surface area (Å²) in [4.78, 5) is 24.2. The number of oxime groups is 1. The first kappa shape index (κ1) is 20.2. The molecule has 0 saturated carbocycles. The van der Waals surface area contributed by atoms with E-state index >= 15 is 0 Å². The Hall–Kier alpha value is -3.67. The summed E-state index contributed by atoms with van der Waals surface area (Å²) in [7, 11) is 0. The fourth-order valence-corrected chi connectivity index (χ4v) is 3.97. The molecule has 0 bridgehead atoms. The van der Waals surface area contributed by atoms with Gasteiger partial charge in [0.25, 0.3) is 0 Å². The van der Waals surface area contributed by atoms with Crippen LogP contribution in [0.15, 0.2) is 65.9 Å².